The second-order valence-electron chi connectivity index (χ2n) is 10.4. The molecule has 44 heavy (non-hydrogen) atoms. The molecule has 4 rings (SSSR count). The summed E-state index contributed by atoms with van der Waals surface area (Å²) in [6, 6.07) is 26.5. The maximum Gasteiger partial charge on any atom is 0.264 e. The van der Waals surface area contributed by atoms with Crippen LogP contribution >= 0.6 is 27.5 Å². The molecule has 0 spiro atoms. The van der Waals surface area contributed by atoms with Crippen molar-refractivity contribution in [3.8, 4) is 0 Å². The Hall–Kier alpha value is -3.73. The number of anilines is 1. The molecule has 7 nitrogen and oxygen atoms in total. The predicted octanol–water partition coefficient (Wildman–Crippen LogP) is 6.60. The topological polar surface area (TPSA) is 86.8 Å². The van der Waals surface area contributed by atoms with E-state index in [1.54, 1.807) is 18.2 Å². The van der Waals surface area contributed by atoms with Crippen LogP contribution in [0.1, 0.15) is 25.0 Å². The highest BCUT2D eigenvalue weighted by Gasteiger charge is 2.35. The van der Waals surface area contributed by atoms with Gasteiger partial charge in [-0.15, -0.1) is 0 Å². The van der Waals surface area contributed by atoms with Gasteiger partial charge in [0, 0.05) is 23.5 Å². The zero-order chi connectivity index (χ0) is 31.9. The van der Waals surface area contributed by atoms with Gasteiger partial charge in [0.25, 0.3) is 10.0 Å². The third-order valence-corrected chi connectivity index (χ3v) is 9.38. The van der Waals surface area contributed by atoms with Gasteiger partial charge in [0.15, 0.2) is 0 Å². The van der Waals surface area contributed by atoms with Gasteiger partial charge in [-0.2, -0.15) is 0 Å². The van der Waals surface area contributed by atoms with Gasteiger partial charge in [-0.25, -0.2) is 12.8 Å². The lowest BCUT2D eigenvalue weighted by Gasteiger charge is -2.34. The summed E-state index contributed by atoms with van der Waals surface area (Å²) in [5, 5.41) is 2.62. The average molecular weight is 701 g/mol. The molecule has 0 unspecified atom stereocenters. The second kappa shape index (κ2) is 14.8. The minimum absolute atomic E-state index is 0.00318. The number of rotatable bonds is 12. The summed E-state index contributed by atoms with van der Waals surface area (Å²) >= 11 is 9.48. The number of hydrogen-bond donors (Lipinski definition) is 1. The highest BCUT2D eigenvalue weighted by molar-refractivity contribution is 9.10. The number of hydrogen-bond acceptors (Lipinski definition) is 4. The van der Waals surface area contributed by atoms with Crippen molar-refractivity contribution >= 4 is 55.1 Å². The number of amides is 2. The zero-order valence-electron chi connectivity index (χ0n) is 24.2. The van der Waals surface area contributed by atoms with Crippen molar-refractivity contribution in [3.05, 3.63) is 130 Å². The van der Waals surface area contributed by atoms with Gasteiger partial charge in [0.1, 0.15) is 18.4 Å². The van der Waals surface area contributed by atoms with Gasteiger partial charge in [-0.1, -0.05) is 88.2 Å². The van der Waals surface area contributed by atoms with E-state index in [1.807, 2.05) is 68.4 Å². The third-order valence-electron chi connectivity index (χ3n) is 6.77. The Labute approximate surface area is 270 Å². The van der Waals surface area contributed by atoms with E-state index in [-0.39, 0.29) is 40.5 Å². The normalized spacial score (nSPS) is 12.0. The van der Waals surface area contributed by atoms with Crippen molar-refractivity contribution < 1.29 is 22.4 Å². The molecule has 0 aliphatic carbocycles. The fourth-order valence-electron chi connectivity index (χ4n) is 4.61. The lowest BCUT2D eigenvalue weighted by Crippen LogP contribution is -2.54. The number of sulfonamides is 1. The number of benzene rings is 4. The molecule has 1 N–H and O–H groups in total. The summed E-state index contributed by atoms with van der Waals surface area (Å²) in [6.45, 7) is 3.00. The minimum atomic E-state index is -4.32. The standard InChI is InChI=1S/C33H32BrClFN3O4S/c1-23(2)37-33(41)31(19-24-9-5-3-6-10-24)38(21-25-13-15-26(34)16-14-25)32(40)22-39(27-17-18-30(36)29(35)20-27)44(42,43)28-11-7-4-8-12-28/h3-18,20,23,31H,19,21-22H2,1-2H3,(H,37,41)/t31-/m0/s1. The van der Waals surface area contributed by atoms with E-state index < -0.39 is 34.3 Å². The van der Waals surface area contributed by atoms with Crippen molar-refractivity contribution in [2.24, 2.45) is 0 Å². The van der Waals surface area contributed by atoms with E-state index in [1.165, 1.54) is 23.1 Å². The molecule has 2 amide bonds. The van der Waals surface area contributed by atoms with Crippen molar-refractivity contribution in [3.63, 3.8) is 0 Å². The van der Waals surface area contributed by atoms with Crippen LogP contribution < -0.4 is 9.62 Å². The summed E-state index contributed by atoms with van der Waals surface area (Å²) in [4.78, 5) is 29.4. The van der Waals surface area contributed by atoms with E-state index >= 15 is 0 Å². The molecule has 230 valence electrons. The second-order valence-corrected chi connectivity index (χ2v) is 13.6. The van der Waals surface area contributed by atoms with Crippen LogP contribution in [0.25, 0.3) is 0 Å². The molecule has 0 heterocycles. The number of nitrogens with one attached hydrogen (secondary N) is 1. The molecule has 0 aliphatic rings. The quantitative estimate of drug-likeness (QED) is 0.181. The first-order valence-electron chi connectivity index (χ1n) is 13.9. The van der Waals surface area contributed by atoms with E-state index in [4.69, 9.17) is 11.6 Å². The van der Waals surface area contributed by atoms with Crippen molar-refractivity contribution in [2.45, 2.75) is 43.8 Å². The van der Waals surface area contributed by atoms with Crippen LogP contribution in [0.2, 0.25) is 5.02 Å². The molecule has 0 radical (unpaired) electrons. The van der Waals surface area contributed by atoms with Crippen LogP contribution in [0.15, 0.2) is 112 Å². The highest BCUT2D eigenvalue weighted by atomic mass is 79.9. The van der Waals surface area contributed by atoms with Crippen molar-refractivity contribution in [1.29, 1.82) is 0 Å². The van der Waals surface area contributed by atoms with Crippen LogP contribution in [-0.4, -0.2) is 43.8 Å². The zero-order valence-corrected chi connectivity index (χ0v) is 27.3. The minimum Gasteiger partial charge on any atom is -0.352 e. The van der Waals surface area contributed by atoms with Gasteiger partial charge >= 0.3 is 0 Å². The smallest absolute Gasteiger partial charge is 0.264 e. The lowest BCUT2D eigenvalue weighted by atomic mass is 10.0. The first-order chi connectivity index (χ1) is 21.0. The Morgan fingerprint density at radius 1 is 0.886 bits per heavy atom. The van der Waals surface area contributed by atoms with Gasteiger partial charge in [-0.05, 0) is 67.4 Å². The average Bonchev–Trinajstić information content (AvgIpc) is 3.00. The Bertz CT molecular complexity index is 1690. The van der Waals surface area contributed by atoms with Gasteiger partial charge in [0.2, 0.25) is 11.8 Å². The number of carbonyl (C=O) groups excluding carboxylic acids is 2. The molecule has 0 saturated carbocycles. The van der Waals surface area contributed by atoms with Crippen LogP contribution in [-0.2, 0) is 32.6 Å². The van der Waals surface area contributed by atoms with Crippen molar-refractivity contribution in [2.75, 3.05) is 10.8 Å². The Balaban J connectivity index is 1.81. The summed E-state index contributed by atoms with van der Waals surface area (Å²) in [5.74, 6) is -1.74. The summed E-state index contributed by atoms with van der Waals surface area (Å²) in [7, 11) is -4.32. The molecule has 1 atom stereocenters. The van der Waals surface area contributed by atoms with E-state index in [2.05, 4.69) is 21.2 Å². The van der Waals surface area contributed by atoms with E-state index in [0.717, 1.165) is 32.0 Å². The SMILES string of the molecule is CC(C)NC(=O)[C@H](Cc1ccccc1)N(Cc1ccc(Br)cc1)C(=O)CN(c1ccc(F)c(Cl)c1)S(=O)(=O)c1ccccc1. The number of carbonyl (C=O) groups is 2. The number of nitrogens with zero attached hydrogens (tertiary/aromatic N) is 2. The Kier molecular flexibility index (Phi) is 11.2. The fraction of sp³-hybridized carbons (Fsp3) is 0.212. The molecular weight excluding hydrogens is 669 g/mol. The summed E-state index contributed by atoms with van der Waals surface area (Å²) in [5.41, 5.74) is 1.56. The molecule has 0 saturated heterocycles. The lowest BCUT2D eigenvalue weighted by molar-refractivity contribution is -0.140. The van der Waals surface area contributed by atoms with E-state index in [9.17, 15) is 22.4 Å². The van der Waals surface area contributed by atoms with Crippen LogP contribution in [0.3, 0.4) is 0 Å². The molecule has 0 fully saturated rings. The fourth-order valence-corrected chi connectivity index (χ4v) is 6.48. The molecule has 0 aromatic heterocycles. The van der Waals surface area contributed by atoms with E-state index in [0.29, 0.717) is 0 Å². The number of halogens is 3. The highest BCUT2D eigenvalue weighted by Crippen LogP contribution is 2.28. The van der Waals surface area contributed by atoms with Gasteiger partial charge < -0.3 is 10.2 Å². The van der Waals surface area contributed by atoms with Gasteiger partial charge in [0.05, 0.1) is 15.6 Å². The van der Waals surface area contributed by atoms with Gasteiger partial charge in [-0.3, -0.25) is 13.9 Å². The molecule has 0 aliphatic heterocycles. The summed E-state index contributed by atoms with van der Waals surface area (Å²) in [6.07, 6.45) is 0.190. The maximum atomic E-state index is 14.4. The predicted molar refractivity (Wildman–Crippen MR) is 174 cm³/mol. The molecule has 4 aromatic rings. The molecule has 11 heteroatoms. The molecule has 0 bridgehead atoms. The largest absolute Gasteiger partial charge is 0.352 e. The summed E-state index contributed by atoms with van der Waals surface area (Å²) < 4.78 is 43.8. The molecule has 4 aromatic carbocycles. The first-order valence-corrected chi connectivity index (χ1v) is 16.5. The molecular formula is C33H32BrClFN3O4S. The third kappa shape index (κ3) is 8.46. The van der Waals surface area contributed by atoms with Crippen LogP contribution in [0.4, 0.5) is 10.1 Å². The maximum absolute atomic E-state index is 14.4. The van der Waals surface area contributed by atoms with Crippen molar-refractivity contribution in [1.82, 2.24) is 10.2 Å². The Morgan fingerprint density at radius 3 is 2.09 bits per heavy atom. The van der Waals surface area contributed by atoms with Crippen LogP contribution in [0.5, 0.6) is 0 Å². The first kappa shape index (κ1) is 33.2. The Morgan fingerprint density at radius 2 is 1.50 bits per heavy atom. The monoisotopic (exact) mass is 699 g/mol. The van der Waals surface area contributed by atoms with Crippen LogP contribution in [0, 0.1) is 5.82 Å².